The highest BCUT2D eigenvalue weighted by molar-refractivity contribution is 6.20. The van der Waals surface area contributed by atoms with E-state index >= 15 is 0 Å². The normalized spacial score (nSPS) is 14.5. The van der Waals surface area contributed by atoms with Crippen LogP contribution in [-0.4, -0.2) is 11.5 Å². The molecular weight excluding hydrogens is 152 g/mol. The zero-order valence-electron chi connectivity index (χ0n) is 6.77. The van der Waals surface area contributed by atoms with E-state index in [9.17, 15) is 4.79 Å². The maximum Gasteiger partial charge on any atom is 0.312 e. The number of carbonyl (C=O) groups is 1. The molecule has 0 aromatic rings. The van der Waals surface area contributed by atoms with Crippen molar-refractivity contribution in [1.82, 2.24) is 0 Å². The van der Waals surface area contributed by atoms with Crippen LogP contribution in [0.15, 0.2) is 0 Å². The standard InChI is InChI=1S/C7H13ClO2/c1-5(8)10-6(9)7(2,3)4/h5H,1-4H3. The fourth-order valence-corrected chi connectivity index (χ4v) is 0.405. The van der Waals surface area contributed by atoms with Crippen molar-refractivity contribution < 1.29 is 9.53 Å². The number of alkyl halides is 1. The summed E-state index contributed by atoms with van der Waals surface area (Å²) in [6, 6.07) is 0. The molecule has 1 atom stereocenters. The summed E-state index contributed by atoms with van der Waals surface area (Å²) in [5.41, 5.74) is -0.991. The van der Waals surface area contributed by atoms with Crippen LogP contribution in [0.3, 0.4) is 0 Å². The first-order valence-electron chi connectivity index (χ1n) is 3.19. The first kappa shape index (κ1) is 9.76. The number of hydrogen-bond acceptors (Lipinski definition) is 2. The van der Waals surface area contributed by atoms with E-state index in [0.29, 0.717) is 0 Å². The molecule has 0 aliphatic carbocycles. The van der Waals surface area contributed by atoms with Crippen molar-refractivity contribution in [3.05, 3.63) is 0 Å². The SMILES string of the molecule is CC(Cl)OC(=O)C(C)(C)C. The molecule has 0 bridgehead atoms. The lowest BCUT2D eigenvalue weighted by molar-refractivity contribution is -0.154. The second kappa shape index (κ2) is 3.24. The first-order valence-corrected chi connectivity index (χ1v) is 3.63. The molecule has 3 heteroatoms. The van der Waals surface area contributed by atoms with Gasteiger partial charge in [-0.05, 0) is 27.7 Å². The maximum absolute atomic E-state index is 11.0. The molecule has 2 nitrogen and oxygen atoms in total. The molecule has 0 aliphatic heterocycles. The summed E-state index contributed by atoms with van der Waals surface area (Å²) in [6.07, 6.45) is 0. The average Bonchev–Trinajstić information content (AvgIpc) is 1.60. The predicted octanol–water partition coefficient (Wildman–Crippen LogP) is 2.16. The van der Waals surface area contributed by atoms with Gasteiger partial charge in [-0.15, -0.1) is 0 Å². The molecule has 1 unspecified atom stereocenters. The zero-order valence-corrected chi connectivity index (χ0v) is 7.53. The molecule has 0 saturated carbocycles. The molecule has 60 valence electrons. The Bertz CT molecular complexity index is 124. The molecule has 10 heavy (non-hydrogen) atoms. The Balaban J connectivity index is 3.87. The Kier molecular flexibility index (Phi) is 3.16. The van der Waals surface area contributed by atoms with Crippen molar-refractivity contribution in [3.8, 4) is 0 Å². The molecule has 0 spiro atoms. The average molecular weight is 165 g/mol. The summed E-state index contributed by atoms with van der Waals surface area (Å²) < 4.78 is 4.74. The third-order valence-electron chi connectivity index (χ3n) is 0.882. The van der Waals surface area contributed by atoms with Crippen LogP contribution in [0.1, 0.15) is 27.7 Å². The van der Waals surface area contributed by atoms with Crippen LogP contribution in [0.4, 0.5) is 0 Å². The van der Waals surface area contributed by atoms with E-state index < -0.39 is 11.0 Å². The van der Waals surface area contributed by atoms with Gasteiger partial charge in [0.2, 0.25) is 0 Å². The van der Waals surface area contributed by atoms with Crippen LogP contribution in [0.5, 0.6) is 0 Å². The molecule has 0 aromatic heterocycles. The van der Waals surface area contributed by atoms with Crippen LogP contribution >= 0.6 is 11.6 Å². The lowest BCUT2D eigenvalue weighted by Gasteiger charge is -2.17. The summed E-state index contributed by atoms with van der Waals surface area (Å²) >= 11 is 5.44. The molecule has 0 rings (SSSR count). The van der Waals surface area contributed by atoms with Gasteiger partial charge in [-0.2, -0.15) is 0 Å². The number of rotatable bonds is 1. The molecular formula is C7H13ClO2. The minimum atomic E-state index is -0.535. The van der Waals surface area contributed by atoms with E-state index in [1.165, 1.54) is 0 Å². The fourth-order valence-electron chi connectivity index (χ4n) is 0.324. The second-order valence-corrected chi connectivity index (χ2v) is 3.81. The van der Waals surface area contributed by atoms with Crippen molar-refractivity contribution in [1.29, 1.82) is 0 Å². The second-order valence-electron chi connectivity index (χ2n) is 3.20. The monoisotopic (exact) mass is 164 g/mol. The van der Waals surface area contributed by atoms with Crippen LogP contribution in [-0.2, 0) is 9.53 Å². The van der Waals surface area contributed by atoms with Gasteiger partial charge in [-0.3, -0.25) is 4.79 Å². The summed E-state index contributed by atoms with van der Waals surface area (Å²) in [5.74, 6) is -0.269. The summed E-state index contributed by atoms with van der Waals surface area (Å²) in [5, 5.41) is 0. The molecule has 0 fully saturated rings. The summed E-state index contributed by atoms with van der Waals surface area (Å²) in [7, 11) is 0. The van der Waals surface area contributed by atoms with E-state index in [1.807, 2.05) is 0 Å². The number of hydrogen-bond donors (Lipinski definition) is 0. The molecule has 0 aliphatic rings. The lowest BCUT2D eigenvalue weighted by Crippen LogP contribution is -2.24. The van der Waals surface area contributed by atoms with Crippen molar-refractivity contribution in [3.63, 3.8) is 0 Å². The maximum atomic E-state index is 11.0. The third-order valence-corrected chi connectivity index (χ3v) is 0.971. The highest BCUT2D eigenvalue weighted by Crippen LogP contribution is 2.16. The Morgan fingerprint density at radius 1 is 1.50 bits per heavy atom. The van der Waals surface area contributed by atoms with Crippen LogP contribution < -0.4 is 0 Å². The van der Waals surface area contributed by atoms with Gasteiger partial charge in [0, 0.05) is 0 Å². The van der Waals surface area contributed by atoms with E-state index in [-0.39, 0.29) is 5.97 Å². The Morgan fingerprint density at radius 3 is 2.00 bits per heavy atom. The van der Waals surface area contributed by atoms with Gasteiger partial charge in [-0.1, -0.05) is 11.6 Å². The number of carbonyl (C=O) groups excluding carboxylic acids is 1. The van der Waals surface area contributed by atoms with E-state index in [0.717, 1.165) is 0 Å². The van der Waals surface area contributed by atoms with Gasteiger partial charge in [0.15, 0.2) is 5.56 Å². The zero-order chi connectivity index (χ0) is 8.36. The lowest BCUT2D eigenvalue weighted by atomic mass is 9.97. The van der Waals surface area contributed by atoms with Crippen molar-refractivity contribution in [2.24, 2.45) is 5.41 Å². The van der Waals surface area contributed by atoms with Gasteiger partial charge < -0.3 is 4.74 Å². The molecule has 0 aromatic carbocycles. The van der Waals surface area contributed by atoms with Gasteiger partial charge in [0.05, 0.1) is 5.41 Å². The molecule has 0 N–H and O–H groups in total. The van der Waals surface area contributed by atoms with Gasteiger partial charge in [-0.25, -0.2) is 0 Å². The van der Waals surface area contributed by atoms with E-state index in [2.05, 4.69) is 0 Å². The Hall–Kier alpha value is -0.240. The van der Waals surface area contributed by atoms with Crippen molar-refractivity contribution >= 4 is 17.6 Å². The van der Waals surface area contributed by atoms with Crippen molar-refractivity contribution in [2.45, 2.75) is 33.3 Å². The molecule has 0 amide bonds. The minimum Gasteiger partial charge on any atom is -0.446 e. The van der Waals surface area contributed by atoms with Crippen LogP contribution in [0.2, 0.25) is 0 Å². The number of esters is 1. The van der Waals surface area contributed by atoms with Gasteiger partial charge >= 0.3 is 5.97 Å². The van der Waals surface area contributed by atoms with Gasteiger partial charge in [0.25, 0.3) is 0 Å². The van der Waals surface area contributed by atoms with Crippen molar-refractivity contribution in [2.75, 3.05) is 0 Å². The minimum absolute atomic E-state index is 0.269. The third kappa shape index (κ3) is 3.72. The van der Waals surface area contributed by atoms with Crippen LogP contribution in [0, 0.1) is 5.41 Å². The van der Waals surface area contributed by atoms with E-state index in [1.54, 1.807) is 27.7 Å². The first-order chi connectivity index (χ1) is 4.34. The smallest absolute Gasteiger partial charge is 0.312 e. The summed E-state index contributed by atoms with van der Waals surface area (Å²) in [6.45, 7) is 6.98. The van der Waals surface area contributed by atoms with Crippen LogP contribution in [0.25, 0.3) is 0 Å². The number of halogens is 1. The number of ether oxygens (including phenoxy) is 1. The highest BCUT2D eigenvalue weighted by atomic mass is 35.5. The molecule has 0 radical (unpaired) electrons. The fraction of sp³-hybridized carbons (Fsp3) is 0.857. The quantitative estimate of drug-likeness (QED) is 0.439. The predicted molar refractivity (Wildman–Crippen MR) is 40.9 cm³/mol. The largest absolute Gasteiger partial charge is 0.446 e. The molecule has 0 saturated heterocycles. The van der Waals surface area contributed by atoms with E-state index in [4.69, 9.17) is 16.3 Å². The molecule has 0 heterocycles. The van der Waals surface area contributed by atoms with Gasteiger partial charge in [0.1, 0.15) is 0 Å². The summed E-state index contributed by atoms with van der Waals surface area (Å²) in [4.78, 5) is 11.0. The Morgan fingerprint density at radius 2 is 1.90 bits per heavy atom. The highest BCUT2D eigenvalue weighted by Gasteiger charge is 2.23. The topological polar surface area (TPSA) is 26.3 Å². The Labute approximate surface area is 66.5 Å².